The molecular weight excluding hydrogens is 940 g/mol. The Kier molecular flexibility index (Phi) is 20.4. The largest absolute Gasteiger partial charge is 0.543 e. The number of allylic oxidation sites excluding steroid dienone is 2. The zero-order valence-electron chi connectivity index (χ0n) is 46.1. The topological polar surface area (TPSA) is 36.9 Å². The molecule has 0 radical (unpaired) electrons. The van der Waals surface area contributed by atoms with Crippen LogP contribution in [-0.4, -0.2) is 33.3 Å². The molecule has 65 heavy (non-hydrogen) atoms. The first-order valence-electron chi connectivity index (χ1n) is 25.9. The van der Waals surface area contributed by atoms with Crippen molar-refractivity contribution in [2.75, 3.05) is 0 Å². The van der Waals surface area contributed by atoms with E-state index in [1.807, 2.05) is 0 Å². The maximum Gasteiger partial charge on any atom is 0.258 e. The van der Waals surface area contributed by atoms with Crippen molar-refractivity contribution in [1.29, 1.82) is 0 Å². The zero-order valence-corrected chi connectivity index (χ0v) is 52.6. The van der Waals surface area contributed by atoms with Gasteiger partial charge in [-0.15, -0.1) is 5.92 Å². The van der Waals surface area contributed by atoms with Crippen molar-refractivity contribution in [2.24, 2.45) is 0 Å². The molecule has 0 aliphatic heterocycles. The van der Waals surface area contributed by atoms with Gasteiger partial charge >= 0.3 is 0 Å². The van der Waals surface area contributed by atoms with E-state index in [1.165, 1.54) is 22.3 Å². The Bertz CT molecular complexity index is 1700. The molecule has 0 amide bonds. The molecule has 0 saturated heterocycles. The molecule has 2 unspecified atom stereocenters. The standard InChI is InChI=1S/C56H97O4Si4.Zr/c1-35(2)61(36(3)4,37(5)6)57-51-29-25-27-49-53(59-63(41(13)14,42(15)16)43(17)18)33-47(55(49)51)31-32-48-34-54(60-64(44(19)20,45(21)22)46(23)24)50-28-26-30-52(56(48)50)58-62(38(7)8,39(9)10)40(11)12;/h25-31,33-48H,32H2,1-24H3;/q-1;. The predicted molar refractivity (Wildman–Crippen MR) is 291 cm³/mol. The Labute approximate surface area is 425 Å². The molecule has 0 fully saturated rings. The Balaban J connectivity index is 0.0000112. The molecule has 366 valence electrons. The van der Waals surface area contributed by atoms with E-state index in [1.54, 1.807) is 0 Å². The summed E-state index contributed by atoms with van der Waals surface area (Å²) in [6.45, 7) is 57.5. The van der Waals surface area contributed by atoms with Gasteiger partial charge in [0.2, 0.25) is 0 Å². The summed E-state index contributed by atoms with van der Waals surface area (Å²) in [5.74, 6) is 4.41. The van der Waals surface area contributed by atoms with Gasteiger partial charge in [0.15, 0.2) is 0 Å². The van der Waals surface area contributed by atoms with E-state index in [2.05, 4.69) is 221 Å². The molecule has 0 spiro atoms. The summed E-state index contributed by atoms with van der Waals surface area (Å²) in [7, 11) is -9.10. The Morgan fingerprint density at radius 1 is 0.385 bits per heavy atom. The average Bonchev–Trinajstić information content (AvgIpc) is 3.72. The van der Waals surface area contributed by atoms with Crippen molar-refractivity contribution in [1.82, 2.24) is 0 Å². The number of benzene rings is 2. The number of rotatable bonds is 23. The Morgan fingerprint density at radius 2 is 0.662 bits per heavy atom. The summed E-state index contributed by atoms with van der Waals surface area (Å²) in [6, 6.07) is 13.6. The molecule has 0 heterocycles. The Hall–Kier alpha value is -1.13. The monoisotopic (exact) mass is 1040 g/mol. The molecule has 4 nitrogen and oxygen atoms in total. The molecule has 2 aromatic carbocycles. The van der Waals surface area contributed by atoms with E-state index in [-0.39, 0.29) is 38.0 Å². The van der Waals surface area contributed by atoms with E-state index >= 15 is 0 Å². The van der Waals surface area contributed by atoms with Crippen LogP contribution >= 0.6 is 0 Å². The predicted octanol–water partition coefficient (Wildman–Crippen LogP) is 19.3. The minimum Gasteiger partial charge on any atom is -0.543 e. The molecule has 2 atom stereocenters. The normalized spacial score (nSPS) is 17.2. The van der Waals surface area contributed by atoms with Crippen molar-refractivity contribution in [3.8, 4) is 11.5 Å². The van der Waals surface area contributed by atoms with E-state index in [9.17, 15) is 0 Å². The van der Waals surface area contributed by atoms with Crippen LogP contribution in [-0.2, 0) is 35.1 Å². The molecule has 2 aliphatic rings. The molecule has 2 aromatic rings. The van der Waals surface area contributed by atoms with Crippen molar-refractivity contribution in [2.45, 2.75) is 251 Å². The van der Waals surface area contributed by atoms with Crippen LogP contribution in [0, 0.1) is 6.42 Å². The van der Waals surface area contributed by atoms with Gasteiger partial charge in [-0.3, -0.25) is 0 Å². The van der Waals surface area contributed by atoms with Crippen LogP contribution in [0.15, 0.2) is 48.6 Å². The van der Waals surface area contributed by atoms with Crippen LogP contribution in [0.1, 0.15) is 207 Å². The van der Waals surface area contributed by atoms with Gasteiger partial charge in [-0.05, 0) is 96.2 Å². The van der Waals surface area contributed by atoms with Crippen LogP contribution in [0.5, 0.6) is 11.5 Å². The fourth-order valence-electron chi connectivity index (χ4n) is 14.1. The smallest absolute Gasteiger partial charge is 0.258 e. The third-order valence-electron chi connectivity index (χ3n) is 16.7. The van der Waals surface area contributed by atoms with Gasteiger partial charge in [0.05, 0.1) is 0 Å². The summed E-state index contributed by atoms with van der Waals surface area (Å²) >= 11 is 0. The van der Waals surface area contributed by atoms with Gasteiger partial charge in [-0.2, -0.15) is 6.42 Å². The summed E-state index contributed by atoms with van der Waals surface area (Å²) in [4.78, 5) is 0. The fourth-order valence-corrected chi connectivity index (χ4v) is 35.2. The first-order valence-corrected chi connectivity index (χ1v) is 34.5. The number of hydrogen-bond acceptors (Lipinski definition) is 4. The second kappa shape index (κ2) is 22.7. The molecule has 0 N–H and O–H groups in total. The first kappa shape index (κ1) is 58.2. The van der Waals surface area contributed by atoms with Crippen molar-refractivity contribution >= 4 is 44.8 Å². The van der Waals surface area contributed by atoms with E-state index < -0.39 is 33.3 Å². The Morgan fingerprint density at radius 3 is 0.985 bits per heavy atom. The quantitative estimate of drug-likeness (QED) is 0.0821. The summed E-state index contributed by atoms with van der Waals surface area (Å²) in [5.41, 5.74) is 10.7. The van der Waals surface area contributed by atoms with Crippen LogP contribution in [0.4, 0.5) is 0 Å². The van der Waals surface area contributed by atoms with E-state index in [0.29, 0.717) is 66.5 Å². The van der Waals surface area contributed by atoms with Gasteiger partial charge < -0.3 is 24.1 Å². The zero-order chi connectivity index (χ0) is 48.6. The molecule has 2 aliphatic carbocycles. The van der Waals surface area contributed by atoms with Gasteiger partial charge in [0.1, 0.15) is 23.0 Å². The van der Waals surface area contributed by atoms with Crippen molar-refractivity contribution < 1.29 is 43.9 Å². The summed E-state index contributed by atoms with van der Waals surface area (Å²) < 4.78 is 30.7. The van der Waals surface area contributed by atoms with Crippen LogP contribution in [0.3, 0.4) is 0 Å². The maximum atomic E-state index is 7.69. The van der Waals surface area contributed by atoms with Gasteiger partial charge in [-0.1, -0.05) is 197 Å². The average molecular weight is 1040 g/mol. The van der Waals surface area contributed by atoms with Crippen LogP contribution in [0.25, 0.3) is 11.5 Å². The van der Waals surface area contributed by atoms with Crippen LogP contribution in [0.2, 0.25) is 66.5 Å². The molecule has 0 bridgehead atoms. The molecular formula is C56H97O4Si4Zr-. The first-order chi connectivity index (χ1) is 29.6. The summed E-state index contributed by atoms with van der Waals surface area (Å²) in [6.07, 6.45) is 8.41. The van der Waals surface area contributed by atoms with Crippen LogP contribution < -0.4 is 8.85 Å². The molecule has 9 heteroatoms. The molecule has 0 saturated carbocycles. The number of fused-ring (bicyclic) bond motifs is 2. The maximum absolute atomic E-state index is 7.69. The minimum atomic E-state index is -2.28. The van der Waals surface area contributed by atoms with Gasteiger partial charge in [-0.25, -0.2) is 0 Å². The molecule has 4 rings (SSSR count). The molecule has 0 aromatic heterocycles. The van der Waals surface area contributed by atoms with Gasteiger partial charge in [0.25, 0.3) is 33.3 Å². The van der Waals surface area contributed by atoms with E-state index in [4.69, 9.17) is 17.7 Å². The second-order valence-corrected chi connectivity index (χ2v) is 45.3. The SMILES string of the molecule is CC(C)[Si](OC1=CC([CH-]CC2C=C(O[Si](C(C)C)(C(C)C)C(C)C)c3cccc(O[Si](C(C)C)(C(C)C)C(C)C)c32)c2c(O[Si](C(C)C)(C(C)C)C(C)C)cccc21)(C(C)C)C(C)C.[Zr]. The minimum absolute atomic E-state index is 0. The van der Waals surface area contributed by atoms with Gasteiger partial charge in [0, 0.05) is 42.9 Å². The third-order valence-corrected chi connectivity index (χ3v) is 40.6. The van der Waals surface area contributed by atoms with Crippen molar-refractivity contribution in [3.63, 3.8) is 0 Å². The van der Waals surface area contributed by atoms with Crippen molar-refractivity contribution in [3.05, 3.63) is 77.2 Å². The second-order valence-electron chi connectivity index (χ2n) is 23.8. The number of hydrogen-bond donors (Lipinski definition) is 0. The third kappa shape index (κ3) is 10.7. The summed E-state index contributed by atoms with van der Waals surface area (Å²) in [5, 5.41) is 0. The fraction of sp³-hybridized carbons (Fsp3) is 0.696. The van der Waals surface area contributed by atoms with E-state index in [0.717, 1.165) is 29.4 Å².